The molecule has 0 spiro atoms. The van der Waals surface area contributed by atoms with Crippen LogP contribution in [0.5, 0.6) is 11.5 Å². The van der Waals surface area contributed by atoms with Crippen molar-refractivity contribution in [3.05, 3.63) is 87.8 Å². The zero-order valence-corrected chi connectivity index (χ0v) is 19.9. The topological polar surface area (TPSA) is 122 Å². The number of benzene rings is 2. The molecule has 4 rings (SSSR count). The summed E-state index contributed by atoms with van der Waals surface area (Å²) in [6, 6.07) is 14.6. The molecular weight excluding hydrogens is 486 g/mol. The van der Waals surface area contributed by atoms with Gasteiger partial charge in [-0.15, -0.1) is 0 Å². The number of nitrogens with one attached hydrogen (secondary N) is 1. The van der Waals surface area contributed by atoms with Crippen LogP contribution in [0, 0.1) is 11.3 Å². The first-order valence-electron chi connectivity index (χ1n) is 10.9. The average Bonchev–Trinajstić information content (AvgIpc) is 3.38. The maximum Gasteiger partial charge on any atom is 0.331 e. The SMILES string of the molecule is CCOc1cc(/C=C2\C(=O)NC(=O)N(Cc3ccco3)C2=O)cc(Cl)c1OCc1ccccc1C#N. The fourth-order valence-corrected chi connectivity index (χ4v) is 3.82. The van der Waals surface area contributed by atoms with Gasteiger partial charge in [-0.05, 0) is 48.9 Å². The highest BCUT2D eigenvalue weighted by atomic mass is 35.5. The van der Waals surface area contributed by atoms with E-state index < -0.39 is 17.8 Å². The Hall–Kier alpha value is -4.55. The number of amides is 4. The summed E-state index contributed by atoms with van der Waals surface area (Å²) in [5.74, 6) is -0.680. The van der Waals surface area contributed by atoms with E-state index in [9.17, 15) is 19.6 Å². The first kappa shape index (κ1) is 24.6. The van der Waals surface area contributed by atoms with E-state index in [4.69, 9.17) is 25.5 Å². The van der Waals surface area contributed by atoms with Crippen molar-refractivity contribution in [3.63, 3.8) is 0 Å². The van der Waals surface area contributed by atoms with Crippen molar-refractivity contribution in [1.29, 1.82) is 5.26 Å². The van der Waals surface area contributed by atoms with Gasteiger partial charge in [0.2, 0.25) is 0 Å². The Kier molecular flexibility index (Phi) is 7.37. The molecule has 0 saturated carbocycles. The molecule has 1 fully saturated rings. The minimum Gasteiger partial charge on any atom is -0.490 e. The van der Waals surface area contributed by atoms with E-state index in [-0.39, 0.29) is 29.5 Å². The molecule has 1 saturated heterocycles. The van der Waals surface area contributed by atoms with Gasteiger partial charge in [-0.1, -0.05) is 29.8 Å². The quantitative estimate of drug-likeness (QED) is 0.354. The molecule has 1 N–H and O–H groups in total. The van der Waals surface area contributed by atoms with Gasteiger partial charge in [0.05, 0.1) is 36.1 Å². The molecule has 0 radical (unpaired) electrons. The molecule has 0 atom stereocenters. The van der Waals surface area contributed by atoms with Crippen molar-refractivity contribution in [1.82, 2.24) is 10.2 Å². The second-order valence-corrected chi connectivity index (χ2v) is 8.02. The summed E-state index contributed by atoms with van der Waals surface area (Å²) in [6.45, 7) is 2.02. The lowest BCUT2D eigenvalue weighted by atomic mass is 10.1. The third-order valence-corrected chi connectivity index (χ3v) is 5.51. The maximum absolute atomic E-state index is 13.0. The summed E-state index contributed by atoms with van der Waals surface area (Å²) in [5, 5.41) is 11.6. The Balaban J connectivity index is 1.63. The molecule has 1 aliphatic rings. The Labute approximate surface area is 211 Å². The number of nitriles is 1. The van der Waals surface area contributed by atoms with E-state index in [1.54, 1.807) is 49.4 Å². The number of nitrogens with zero attached hydrogens (tertiary/aromatic N) is 2. The number of imide groups is 2. The second kappa shape index (κ2) is 10.8. The molecule has 182 valence electrons. The summed E-state index contributed by atoms with van der Waals surface area (Å²) >= 11 is 6.49. The number of ether oxygens (including phenoxy) is 2. The van der Waals surface area contributed by atoms with Gasteiger partial charge >= 0.3 is 6.03 Å². The summed E-state index contributed by atoms with van der Waals surface area (Å²) in [7, 11) is 0. The molecule has 0 bridgehead atoms. The van der Waals surface area contributed by atoms with Gasteiger partial charge in [0.25, 0.3) is 11.8 Å². The smallest absolute Gasteiger partial charge is 0.331 e. The van der Waals surface area contributed by atoms with Gasteiger partial charge in [-0.25, -0.2) is 4.79 Å². The number of carbonyl (C=O) groups excluding carboxylic acids is 3. The summed E-state index contributed by atoms with van der Waals surface area (Å²) in [4.78, 5) is 38.6. The fourth-order valence-electron chi connectivity index (χ4n) is 3.54. The molecule has 0 unspecified atom stereocenters. The number of barbiturate groups is 1. The predicted octanol–water partition coefficient (Wildman–Crippen LogP) is 4.44. The van der Waals surface area contributed by atoms with Gasteiger partial charge in [0.1, 0.15) is 17.9 Å². The standard InChI is InChI=1S/C26H20ClN3O6/c1-2-34-22-12-16(11-21(27)23(22)36-15-18-7-4-3-6-17(18)13-28)10-20-24(31)29-26(33)30(25(20)32)14-19-8-5-9-35-19/h3-12H,2,14-15H2,1H3,(H,29,31,33)/b20-10+. The Morgan fingerprint density at radius 3 is 2.67 bits per heavy atom. The van der Waals surface area contributed by atoms with Gasteiger partial charge < -0.3 is 13.9 Å². The fraction of sp³-hybridized carbons (Fsp3) is 0.154. The zero-order valence-electron chi connectivity index (χ0n) is 19.1. The zero-order chi connectivity index (χ0) is 25.7. The average molecular weight is 506 g/mol. The minimum absolute atomic E-state index is 0.0781. The van der Waals surface area contributed by atoms with Gasteiger partial charge in [0.15, 0.2) is 11.5 Å². The normalized spacial score (nSPS) is 14.5. The Morgan fingerprint density at radius 1 is 1.14 bits per heavy atom. The lowest BCUT2D eigenvalue weighted by Crippen LogP contribution is -2.53. The van der Waals surface area contributed by atoms with Crippen molar-refractivity contribution in [2.45, 2.75) is 20.1 Å². The number of hydrogen-bond donors (Lipinski definition) is 1. The first-order valence-corrected chi connectivity index (χ1v) is 11.3. The molecule has 36 heavy (non-hydrogen) atoms. The van der Waals surface area contributed by atoms with Crippen LogP contribution in [0.4, 0.5) is 4.79 Å². The van der Waals surface area contributed by atoms with Crippen LogP contribution in [0.2, 0.25) is 5.02 Å². The molecule has 3 aromatic rings. The van der Waals surface area contributed by atoms with Gasteiger partial charge in [-0.3, -0.25) is 19.8 Å². The lowest BCUT2D eigenvalue weighted by Gasteiger charge is -2.25. The molecule has 4 amide bonds. The Morgan fingerprint density at radius 2 is 1.94 bits per heavy atom. The number of furan rings is 1. The largest absolute Gasteiger partial charge is 0.490 e. The van der Waals surface area contributed by atoms with Crippen molar-refractivity contribution in [2.24, 2.45) is 0 Å². The maximum atomic E-state index is 13.0. The molecule has 1 aromatic heterocycles. The van der Waals surface area contributed by atoms with Crippen LogP contribution < -0.4 is 14.8 Å². The van der Waals surface area contributed by atoms with Crippen LogP contribution in [0.3, 0.4) is 0 Å². The van der Waals surface area contributed by atoms with Crippen molar-refractivity contribution < 1.29 is 28.3 Å². The van der Waals surface area contributed by atoms with E-state index >= 15 is 0 Å². The van der Waals surface area contributed by atoms with Gasteiger partial charge in [0, 0.05) is 5.56 Å². The molecular formula is C26H20ClN3O6. The molecule has 9 nitrogen and oxygen atoms in total. The van der Waals surface area contributed by atoms with Crippen molar-refractivity contribution in [2.75, 3.05) is 6.61 Å². The highest BCUT2D eigenvalue weighted by Gasteiger charge is 2.36. The Bertz CT molecular complexity index is 1390. The van der Waals surface area contributed by atoms with Crippen LogP contribution in [0.1, 0.15) is 29.4 Å². The van der Waals surface area contributed by atoms with Crippen LogP contribution in [0.15, 0.2) is 64.8 Å². The monoisotopic (exact) mass is 505 g/mol. The van der Waals surface area contributed by atoms with Crippen LogP contribution in [-0.2, 0) is 22.7 Å². The lowest BCUT2D eigenvalue weighted by molar-refractivity contribution is -0.130. The first-order chi connectivity index (χ1) is 17.4. The number of hydrogen-bond acceptors (Lipinski definition) is 7. The molecule has 1 aliphatic heterocycles. The van der Waals surface area contributed by atoms with E-state index in [2.05, 4.69) is 11.4 Å². The third kappa shape index (κ3) is 5.24. The molecule has 2 heterocycles. The van der Waals surface area contributed by atoms with Crippen LogP contribution >= 0.6 is 11.6 Å². The number of halogens is 1. The van der Waals surface area contributed by atoms with Crippen LogP contribution in [0.25, 0.3) is 6.08 Å². The van der Waals surface area contributed by atoms with Crippen molar-refractivity contribution >= 4 is 35.5 Å². The molecule has 0 aliphatic carbocycles. The van der Waals surface area contributed by atoms with Crippen LogP contribution in [-0.4, -0.2) is 29.4 Å². The minimum atomic E-state index is -0.840. The summed E-state index contributed by atoms with van der Waals surface area (Å²) in [5.41, 5.74) is 1.29. The van der Waals surface area contributed by atoms with Crippen molar-refractivity contribution in [3.8, 4) is 17.6 Å². The van der Waals surface area contributed by atoms with E-state index in [0.717, 1.165) is 4.90 Å². The summed E-state index contributed by atoms with van der Waals surface area (Å²) in [6.07, 6.45) is 2.74. The second-order valence-electron chi connectivity index (χ2n) is 7.61. The van der Waals surface area contributed by atoms with Gasteiger partial charge in [-0.2, -0.15) is 5.26 Å². The number of carbonyl (C=O) groups is 3. The highest BCUT2D eigenvalue weighted by Crippen LogP contribution is 2.38. The summed E-state index contributed by atoms with van der Waals surface area (Å²) < 4.78 is 16.8. The third-order valence-electron chi connectivity index (χ3n) is 5.23. The molecule has 10 heteroatoms. The number of urea groups is 1. The van der Waals surface area contributed by atoms with E-state index in [0.29, 0.717) is 34.8 Å². The highest BCUT2D eigenvalue weighted by molar-refractivity contribution is 6.33. The van der Waals surface area contributed by atoms with E-state index in [1.165, 1.54) is 18.4 Å². The number of rotatable bonds is 8. The van der Waals surface area contributed by atoms with E-state index in [1.807, 2.05) is 0 Å². The molecule has 2 aromatic carbocycles. The predicted molar refractivity (Wildman–Crippen MR) is 129 cm³/mol.